The molecule has 104 valence electrons. The summed E-state index contributed by atoms with van der Waals surface area (Å²) in [5.41, 5.74) is -1.27. The van der Waals surface area contributed by atoms with Crippen molar-refractivity contribution in [3.63, 3.8) is 0 Å². The molecule has 1 unspecified atom stereocenters. The molecule has 1 fully saturated rings. The summed E-state index contributed by atoms with van der Waals surface area (Å²) in [7, 11) is -2.10. The minimum Gasteiger partial charge on any atom is -1.00 e. The van der Waals surface area contributed by atoms with Crippen molar-refractivity contribution in [1.29, 1.82) is 0 Å². The van der Waals surface area contributed by atoms with Crippen LogP contribution in [0.5, 0.6) is 0 Å². The fraction of sp³-hybridized carbons (Fsp3) is 0.727. The predicted octanol–water partition coefficient (Wildman–Crippen LogP) is -0.475. The Kier molecular flexibility index (Phi) is 8.13. The molecule has 0 aromatic rings. The van der Waals surface area contributed by atoms with Crippen LogP contribution < -0.4 is 29.6 Å². The molecule has 6 nitrogen and oxygen atoms in total. The number of hydrogen-bond acceptors (Lipinski definition) is 3. The molecule has 8 heteroatoms. The maximum atomic E-state index is 11.4. The first-order chi connectivity index (χ1) is 8.43. The minimum absolute atomic E-state index is 0. The van der Waals surface area contributed by atoms with Gasteiger partial charge in [-0.2, -0.15) is 0 Å². The molecule has 0 amide bonds. The van der Waals surface area contributed by atoms with Crippen molar-refractivity contribution in [3.05, 3.63) is 0 Å². The standard InChI is InChI=1S/C11H17O6P.Na.H/c12-8(13)11(9(14)15)6-4-2-1-3-5-7-18(11)10(16)17;;/h1-7H2,(H,12,13)(H,14,15)(H,16,17);;/q;+1;-1. The number of rotatable bonds is 3. The first-order valence-electron chi connectivity index (χ1n) is 5.90. The van der Waals surface area contributed by atoms with E-state index in [0.29, 0.717) is 12.8 Å². The molecule has 1 rings (SSSR count). The Morgan fingerprint density at radius 1 is 0.895 bits per heavy atom. The van der Waals surface area contributed by atoms with Crippen LogP contribution in [0, 0.1) is 0 Å². The number of carboxylic acid groups (broad SMARTS) is 3. The number of carboxylic acids is 2. The minimum atomic E-state index is -2.12. The predicted molar refractivity (Wildman–Crippen MR) is 66.6 cm³/mol. The third-order valence-corrected chi connectivity index (χ3v) is 6.07. The number of hydrogen-bond donors (Lipinski definition) is 3. The molecule has 0 radical (unpaired) electrons. The maximum absolute atomic E-state index is 11.4. The van der Waals surface area contributed by atoms with Gasteiger partial charge in [0.25, 0.3) is 0 Å². The third kappa shape index (κ3) is 4.15. The van der Waals surface area contributed by atoms with Gasteiger partial charge in [0.1, 0.15) is 0 Å². The smallest absolute Gasteiger partial charge is 1.00 e. The molecule has 1 heterocycles. The first kappa shape index (κ1) is 18.8. The van der Waals surface area contributed by atoms with Crippen LogP contribution in [0.4, 0.5) is 4.79 Å². The summed E-state index contributed by atoms with van der Waals surface area (Å²) in [6, 6.07) is 0. The Morgan fingerprint density at radius 2 is 1.37 bits per heavy atom. The Balaban J connectivity index is 0. The zero-order chi connectivity index (χ0) is 13.8. The summed E-state index contributed by atoms with van der Waals surface area (Å²) in [5.74, 6) is -3.02. The van der Waals surface area contributed by atoms with E-state index in [9.17, 15) is 29.7 Å². The van der Waals surface area contributed by atoms with Crippen LogP contribution in [0.15, 0.2) is 0 Å². The average molecular weight is 300 g/mol. The quantitative estimate of drug-likeness (QED) is 0.369. The average Bonchev–Trinajstić information content (AvgIpc) is 2.37. The molecule has 3 N–H and O–H groups in total. The molecule has 0 aromatic heterocycles. The van der Waals surface area contributed by atoms with Crippen molar-refractivity contribution < 1.29 is 60.7 Å². The summed E-state index contributed by atoms with van der Waals surface area (Å²) in [6.07, 6.45) is 3.61. The van der Waals surface area contributed by atoms with Crippen molar-refractivity contribution in [3.8, 4) is 0 Å². The van der Waals surface area contributed by atoms with Crippen molar-refractivity contribution >= 4 is 25.6 Å². The summed E-state index contributed by atoms with van der Waals surface area (Å²) >= 11 is 0. The summed E-state index contributed by atoms with van der Waals surface area (Å²) in [4.78, 5) is 34.0. The third-order valence-electron chi connectivity index (χ3n) is 3.32. The van der Waals surface area contributed by atoms with E-state index in [1.54, 1.807) is 0 Å². The van der Waals surface area contributed by atoms with Gasteiger partial charge in [0.05, 0.1) is 0 Å². The van der Waals surface area contributed by atoms with Gasteiger partial charge in [0.15, 0.2) is 5.16 Å². The molecular formula is C11H18NaO6P. The molecule has 19 heavy (non-hydrogen) atoms. The Bertz CT molecular complexity index is 351. The SMILES string of the molecule is O=C(O)P1CCCCCCCC1(C(=O)O)C(=O)O.[H-].[Na+]. The fourth-order valence-corrected chi connectivity index (χ4v) is 4.63. The fourth-order valence-electron chi connectivity index (χ4n) is 2.30. The van der Waals surface area contributed by atoms with Crippen LogP contribution in [0.2, 0.25) is 0 Å². The second-order valence-electron chi connectivity index (χ2n) is 4.42. The molecule has 0 spiro atoms. The number of aliphatic carboxylic acids is 2. The van der Waals surface area contributed by atoms with Crippen LogP contribution >= 0.6 is 7.92 Å². The monoisotopic (exact) mass is 300 g/mol. The summed E-state index contributed by atoms with van der Waals surface area (Å²) in [5, 5.41) is 25.6. The normalized spacial score (nSPS) is 23.1. The van der Waals surface area contributed by atoms with Gasteiger partial charge < -0.3 is 16.7 Å². The Labute approximate surface area is 136 Å². The van der Waals surface area contributed by atoms with E-state index in [1.807, 2.05) is 0 Å². The van der Waals surface area contributed by atoms with E-state index in [2.05, 4.69) is 0 Å². The van der Waals surface area contributed by atoms with Gasteiger partial charge in [-0.05, 0) is 19.0 Å². The van der Waals surface area contributed by atoms with Crippen LogP contribution in [-0.4, -0.2) is 44.3 Å². The van der Waals surface area contributed by atoms with E-state index in [1.165, 1.54) is 0 Å². The second kappa shape index (κ2) is 8.20. The molecule has 0 aliphatic carbocycles. The van der Waals surface area contributed by atoms with E-state index >= 15 is 0 Å². The zero-order valence-electron chi connectivity index (χ0n) is 12.0. The van der Waals surface area contributed by atoms with Crippen LogP contribution in [0.3, 0.4) is 0 Å². The van der Waals surface area contributed by atoms with Gasteiger partial charge in [-0.1, -0.05) is 25.7 Å². The van der Waals surface area contributed by atoms with Gasteiger partial charge in [0.2, 0.25) is 0 Å². The van der Waals surface area contributed by atoms with Crippen molar-refractivity contribution in [1.82, 2.24) is 0 Å². The van der Waals surface area contributed by atoms with Crippen LogP contribution in [-0.2, 0) is 9.59 Å². The summed E-state index contributed by atoms with van der Waals surface area (Å²) in [6.45, 7) is 0. The van der Waals surface area contributed by atoms with Gasteiger partial charge in [-0.15, -0.1) is 0 Å². The zero-order valence-corrected chi connectivity index (χ0v) is 13.9. The van der Waals surface area contributed by atoms with Gasteiger partial charge in [0, 0.05) is 7.92 Å². The van der Waals surface area contributed by atoms with Gasteiger partial charge >= 0.3 is 47.2 Å². The molecular weight excluding hydrogens is 282 g/mol. The molecule has 1 saturated heterocycles. The van der Waals surface area contributed by atoms with Crippen LogP contribution in [0.25, 0.3) is 0 Å². The van der Waals surface area contributed by atoms with Gasteiger partial charge in [-0.3, -0.25) is 9.59 Å². The largest absolute Gasteiger partial charge is 1.00 e. The topological polar surface area (TPSA) is 112 Å². The van der Waals surface area contributed by atoms with E-state index in [0.717, 1.165) is 19.3 Å². The molecule has 0 bridgehead atoms. The Hall–Kier alpha value is -0.160. The van der Waals surface area contributed by atoms with Crippen molar-refractivity contribution in [2.45, 2.75) is 43.7 Å². The molecule has 0 saturated carbocycles. The van der Waals surface area contributed by atoms with Crippen molar-refractivity contribution in [2.24, 2.45) is 0 Å². The molecule has 1 aliphatic rings. The molecule has 0 aromatic carbocycles. The van der Waals surface area contributed by atoms with Crippen LogP contribution in [0.1, 0.15) is 40.0 Å². The second-order valence-corrected chi connectivity index (χ2v) is 6.87. The summed E-state index contributed by atoms with van der Waals surface area (Å²) < 4.78 is 0. The van der Waals surface area contributed by atoms with Crippen molar-refractivity contribution in [2.75, 3.05) is 6.16 Å². The maximum Gasteiger partial charge on any atom is 1.00 e. The molecule has 1 atom stereocenters. The Morgan fingerprint density at radius 3 is 1.84 bits per heavy atom. The van der Waals surface area contributed by atoms with E-state index in [4.69, 9.17) is 0 Å². The van der Waals surface area contributed by atoms with E-state index in [-0.39, 0.29) is 43.6 Å². The van der Waals surface area contributed by atoms with E-state index < -0.39 is 30.7 Å². The molecule has 1 aliphatic heterocycles. The van der Waals surface area contributed by atoms with Gasteiger partial charge in [-0.25, -0.2) is 4.79 Å². The number of carbonyl (C=O) groups is 3. The first-order valence-corrected chi connectivity index (χ1v) is 7.43.